The van der Waals surface area contributed by atoms with Crippen molar-refractivity contribution in [2.24, 2.45) is 0 Å². The molecule has 1 rings (SSSR count). The zero-order valence-electron chi connectivity index (χ0n) is 14.9. The molecule has 0 spiro atoms. The van der Waals surface area contributed by atoms with Gasteiger partial charge in [0, 0.05) is 12.7 Å². The van der Waals surface area contributed by atoms with E-state index >= 15 is 0 Å². The minimum atomic E-state index is -2.08. The van der Waals surface area contributed by atoms with Crippen LogP contribution in [0.1, 0.15) is 32.8 Å². The summed E-state index contributed by atoms with van der Waals surface area (Å²) in [5.41, 5.74) is 1.90. The Hall–Kier alpha value is -1.19. The third-order valence-electron chi connectivity index (χ3n) is 4.95. The number of hydrogen-bond donors (Lipinski definition) is 0. The maximum Gasteiger partial charge on any atom is 0.138 e. The maximum absolute atomic E-state index is 12.9. The highest BCUT2D eigenvalue weighted by atomic mass is 28.3. The maximum atomic E-state index is 12.9. The molecule has 0 aliphatic carbocycles. The van der Waals surface area contributed by atoms with Gasteiger partial charge in [0.05, 0.1) is 6.10 Å². The highest BCUT2D eigenvalue weighted by Gasteiger charge is 2.44. The van der Waals surface area contributed by atoms with E-state index in [1.807, 2.05) is 18.2 Å². The van der Waals surface area contributed by atoms with Crippen LogP contribution < -0.4 is 0 Å². The third-order valence-corrected chi connectivity index (χ3v) is 10.2. The average Bonchev–Trinajstić information content (AvgIpc) is 2.46. The largest absolute Gasteiger partial charge is 0.377 e. The van der Waals surface area contributed by atoms with Crippen LogP contribution in [-0.4, -0.2) is 26.7 Å². The molecule has 0 fully saturated rings. The van der Waals surface area contributed by atoms with Crippen LogP contribution in [0.3, 0.4) is 0 Å². The molecule has 0 saturated carbocycles. The molecule has 22 heavy (non-hydrogen) atoms. The molecule has 0 bridgehead atoms. The Morgan fingerprint density at radius 3 is 2.23 bits per heavy atom. The van der Waals surface area contributed by atoms with Crippen LogP contribution in [0.15, 0.2) is 42.5 Å². The summed E-state index contributed by atoms with van der Waals surface area (Å²) < 4.78 is 5.56. The van der Waals surface area contributed by atoms with Gasteiger partial charge >= 0.3 is 0 Å². The van der Waals surface area contributed by atoms with Gasteiger partial charge in [-0.05, 0) is 23.4 Å². The highest BCUT2D eigenvalue weighted by molar-refractivity contribution is 7.08. The van der Waals surface area contributed by atoms with E-state index < -0.39 is 8.07 Å². The van der Waals surface area contributed by atoms with Crippen molar-refractivity contribution in [3.63, 3.8) is 0 Å². The molecular weight excluding hydrogens is 288 g/mol. The van der Waals surface area contributed by atoms with E-state index in [9.17, 15) is 4.79 Å². The molecule has 0 saturated heterocycles. The first-order valence-electron chi connectivity index (χ1n) is 7.91. The van der Waals surface area contributed by atoms with Crippen molar-refractivity contribution in [1.29, 1.82) is 0 Å². The zero-order valence-corrected chi connectivity index (χ0v) is 15.9. The molecule has 0 aliphatic heterocycles. The van der Waals surface area contributed by atoms with Gasteiger partial charge in [0.1, 0.15) is 13.5 Å². The van der Waals surface area contributed by atoms with Crippen molar-refractivity contribution in [2.75, 3.05) is 7.11 Å². The van der Waals surface area contributed by atoms with Gasteiger partial charge < -0.3 is 9.53 Å². The number of rotatable bonds is 7. The summed E-state index contributed by atoms with van der Waals surface area (Å²) in [6, 6.07) is 10.3. The topological polar surface area (TPSA) is 26.3 Å². The Morgan fingerprint density at radius 1 is 1.23 bits per heavy atom. The van der Waals surface area contributed by atoms with Crippen molar-refractivity contribution in [3.8, 4) is 0 Å². The van der Waals surface area contributed by atoms with Crippen molar-refractivity contribution >= 4 is 13.5 Å². The predicted octanol–water partition coefficient (Wildman–Crippen LogP) is 4.81. The van der Waals surface area contributed by atoms with Crippen LogP contribution in [0.4, 0.5) is 0 Å². The van der Waals surface area contributed by atoms with Gasteiger partial charge in [-0.25, -0.2) is 0 Å². The second kappa shape index (κ2) is 7.38. The Balaban J connectivity index is 2.78. The minimum absolute atomic E-state index is 0.0186. The monoisotopic (exact) mass is 318 g/mol. The SMILES string of the molecule is C=C(C(=O)[Si](C)(C)C(C)(C)C)C(CCc1ccccc1)OC. The molecule has 0 aliphatic rings. The van der Waals surface area contributed by atoms with Crippen molar-refractivity contribution < 1.29 is 9.53 Å². The lowest BCUT2D eigenvalue weighted by molar-refractivity contribution is -0.110. The van der Waals surface area contributed by atoms with E-state index in [-0.39, 0.29) is 16.5 Å². The summed E-state index contributed by atoms with van der Waals surface area (Å²) >= 11 is 0. The lowest BCUT2D eigenvalue weighted by atomic mass is 10.0. The van der Waals surface area contributed by atoms with Crippen LogP contribution in [0.2, 0.25) is 18.1 Å². The van der Waals surface area contributed by atoms with Gasteiger partial charge in [0.25, 0.3) is 0 Å². The highest BCUT2D eigenvalue weighted by Crippen LogP contribution is 2.38. The molecular formula is C19H30O2Si. The molecule has 0 amide bonds. The number of hydrogen-bond acceptors (Lipinski definition) is 2. The van der Waals surface area contributed by atoms with Gasteiger partial charge in [-0.1, -0.05) is 70.8 Å². The summed E-state index contributed by atoms with van der Waals surface area (Å²) in [5.74, 6) is 0. The second-order valence-electron chi connectivity index (χ2n) is 7.48. The predicted molar refractivity (Wildman–Crippen MR) is 96.9 cm³/mol. The van der Waals surface area contributed by atoms with E-state index in [1.54, 1.807) is 7.11 Å². The summed E-state index contributed by atoms with van der Waals surface area (Å²) in [7, 11) is -0.411. The minimum Gasteiger partial charge on any atom is -0.377 e. The van der Waals surface area contributed by atoms with Crippen molar-refractivity contribution in [1.82, 2.24) is 0 Å². The Morgan fingerprint density at radius 2 is 1.77 bits per heavy atom. The van der Waals surface area contributed by atoms with E-state index in [0.717, 1.165) is 12.8 Å². The molecule has 1 aromatic carbocycles. The lowest BCUT2D eigenvalue weighted by Crippen LogP contribution is -2.48. The Labute approximate surface area is 136 Å². The van der Waals surface area contributed by atoms with Crippen LogP contribution in [-0.2, 0) is 16.0 Å². The van der Waals surface area contributed by atoms with E-state index in [0.29, 0.717) is 5.57 Å². The van der Waals surface area contributed by atoms with Crippen LogP contribution in [0.5, 0.6) is 0 Å². The molecule has 0 radical (unpaired) electrons. The summed E-state index contributed by atoms with van der Waals surface area (Å²) in [6.07, 6.45) is 1.49. The molecule has 1 unspecified atom stereocenters. The summed E-state index contributed by atoms with van der Waals surface area (Å²) in [5, 5.41) is 0.255. The van der Waals surface area contributed by atoms with Gasteiger partial charge in [0.2, 0.25) is 0 Å². The first-order chi connectivity index (χ1) is 10.1. The zero-order chi connectivity index (χ0) is 17.0. The lowest BCUT2D eigenvalue weighted by Gasteiger charge is -2.36. The molecule has 122 valence electrons. The first kappa shape index (κ1) is 18.9. The fraction of sp³-hybridized carbons (Fsp3) is 0.526. The van der Waals surface area contributed by atoms with Crippen LogP contribution in [0, 0.1) is 0 Å². The second-order valence-corrected chi connectivity index (χ2v) is 12.7. The van der Waals surface area contributed by atoms with Gasteiger partial charge in [-0.15, -0.1) is 0 Å². The number of ether oxygens (including phenoxy) is 1. The van der Waals surface area contributed by atoms with Gasteiger partial charge in [0.15, 0.2) is 0 Å². The normalized spacial score (nSPS) is 13.7. The Bertz CT molecular complexity index is 512. The fourth-order valence-corrected chi connectivity index (χ4v) is 3.91. The number of methoxy groups -OCH3 is 1. The molecule has 0 N–H and O–H groups in total. The van der Waals surface area contributed by atoms with E-state index in [2.05, 4.69) is 52.6 Å². The summed E-state index contributed by atoms with van der Waals surface area (Å²) in [4.78, 5) is 12.9. The molecule has 3 heteroatoms. The van der Waals surface area contributed by atoms with E-state index in [1.165, 1.54) is 5.56 Å². The fourth-order valence-electron chi connectivity index (χ4n) is 2.26. The van der Waals surface area contributed by atoms with Crippen molar-refractivity contribution in [2.45, 2.75) is 57.8 Å². The van der Waals surface area contributed by atoms with Gasteiger partial charge in [-0.3, -0.25) is 0 Å². The molecule has 1 atom stereocenters. The van der Waals surface area contributed by atoms with Gasteiger partial charge in [-0.2, -0.15) is 0 Å². The number of carbonyl (C=O) groups is 1. The molecule has 0 heterocycles. The van der Waals surface area contributed by atoms with Crippen LogP contribution >= 0.6 is 0 Å². The molecule has 0 aromatic heterocycles. The first-order valence-corrected chi connectivity index (χ1v) is 10.9. The average molecular weight is 319 g/mol. The van der Waals surface area contributed by atoms with E-state index in [4.69, 9.17) is 4.74 Å². The number of benzene rings is 1. The Kier molecular flexibility index (Phi) is 6.33. The molecule has 1 aromatic rings. The van der Waals surface area contributed by atoms with Crippen molar-refractivity contribution in [3.05, 3.63) is 48.0 Å². The third kappa shape index (κ3) is 4.40. The standard InChI is InChI=1S/C19H30O2Si/c1-15(18(20)22(6,7)19(2,3)4)17(21-5)14-13-16-11-9-8-10-12-16/h8-12,17H,1,13-14H2,2-7H3. The summed E-state index contributed by atoms with van der Waals surface area (Å²) in [6.45, 7) is 14.8. The smallest absolute Gasteiger partial charge is 0.138 e. The quantitative estimate of drug-likeness (QED) is 0.533. The molecule has 2 nitrogen and oxygen atoms in total. The number of carbonyl (C=O) groups excluding carboxylic acids is 1. The van der Waals surface area contributed by atoms with Crippen LogP contribution in [0.25, 0.3) is 0 Å². The number of aryl methyl sites for hydroxylation is 1.